The molecule has 2 heterocycles. The topological polar surface area (TPSA) is 78.8 Å². The van der Waals surface area contributed by atoms with Gasteiger partial charge in [-0.15, -0.1) is 0 Å². The number of hydrogen-bond acceptors (Lipinski definition) is 6. The van der Waals surface area contributed by atoms with Gasteiger partial charge >= 0.3 is 0 Å². The molecule has 0 aromatic heterocycles. The molecular weight excluding hydrogens is 430 g/mol. The summed E-state index contributed by atoms with van der Waals surface area (Å²) < 4.78 is 24.5. The van der Waals surface area contributed by atoms with Crippen molar-refractivity contribution in [3.05, 3.63) is 58.7 Å². The van der Waals surface area contributed by atoms with Crippen LogP contribution in [0.25, 0.3) is 0 Å². The third kappa shape index (κ3) is 4.65. The molecule has 2 aliphatic heterocycles. The molecule has 0 radical (unpaired) electrons. The van der Waals surface area contributed by atoms with Crippen molar-refractivity contribution in [1.29, 1.82) is 0 Å². The number of fused-ring (bicyclic) bond motifs is 1. The fourth-order valence-corrected chi connectivity index (χ4v) is 6.94. The van der Waals surface area contributed by atoms with E-state index >= 15 is 0 Å². The number of hydrogen-bond donors (Lipinski definition) is 1. The van der Waals surface area contributed by atoms with Crippen LogP contribution in [0.15, 0.2) is 41.4 Å². The minimum absolute atomic E-state index is 0.0673. The molecule has 2 aromatic carbocycles. The number of amidine groups is 1. The van der Waals surface area contributed by atoms with Gasteiger partial charge in [-0.2, -0.15) is 0 Å². The molecule has 1 N–H and O–H groups in total. The standard InChI is InChI=1S/C23H27N3O3S2/c1-14-6-8-20(17(4)9-14)26-21-13-31(28,29)12-19(21)25-23(26)30-11-22(27)24-18-10-15(2)5-7-16(18)3/h5-10,19,21H,11-13H2,1-4H3,(H,24,27)/t19-,21-/m1/s1. The maximum absolute atomic E-state index is 12.6. The van der Waals surface area contributed by atoms with Gasteiger partial charge < -0.3 is 10.2 Å². The molecule has 1 amide bonds. The van der Waals surface area contributed by atoms with Crippen molar-refractivity contribution < 1.29 is 13.2 Å². The predicted octanol–water partition coefficient (Wildman–Crippen LogP) is 3.63. The molecule has 0 aliphatic carbocycles. The molecule has 1 fully saturated rings. The molecule has 6 nitrogen and oxygen atoms in total. The van der Waals surface area contributed by atoms with Crippen LogP contribution in [-0.2, 0) is 14.6 Å². The van der Waals surface area contributed by atoms with E-state index in [1.54, 1.807) is 0 Å². The average molecular weight is 458 g/mol. The number of nitrogens with one attached hydrogen (secondary N) is 1. The first kappa shape index (κ1) is 21.9. The summed E-state index contributed by atoms with van der Waals surface area (Å²) in [6.45, 7) is 8.01. The Morgan fingerprint density at radius 1 is 1.06 bits per heavy atom. The summed E-state index contributed by atoms with van der Waals surface area (Å²) in [4.78, 5) is 19.4. The number of amides is 1. The minimum atomic E-state index is -3.11. The number of rotatable bonds is 4. The van der Waals surface area contributed by atoms with Gasteiger partial charge in [0.1, 0.15) is 0 Å². The molecule has 31 heavy (non-hydrogen) atoms. The lowest BCUT2D eigenvalue weighted by Crippen LogP contribution is -2.39. The van der Waals surface area contributed by atoms with Gasteiger partial charge in [0.2, 0.25) is 5.91 Å². The molecule has 164 valence electrons. The Labute approximate surface area is 188 Å². The van der Waals surface area contributed by atoms with Crippen LogP contribution in [0.4, 0.5) is 11.4 Å². The Morgan fingerprint density at radius 3 is 2.52 bits per heavy atom. The molecule has 0 bridgehead atoms. The number of aryl methyl sites for hydroxylation is 4. The summed E-state index contributed by atoms with van der Waals surface area (Å²) in [5, 5.41) is 3.70. The quantitative estimate of drug-likeness (QED) is 0.758. The third-order valence-electron chi connectivity index (χ3n) is 5.72. The summed E-state index contributed by atoms with van der Waals surface area (Å²) in [6.07, 6.45) is 0. The van der Waals surface area contributed by atoms with Crippen LogP contribution in [0, 0.1) is 27.7 Å². The second-order valence-electron chi connectivity index (χ2n) is 8.44. The maximum Gasteiger partial charge on any atom is 0.234 e. The van der Waals surface area contributed by atoms with E-state index < -0.39 is 9.84 Å². The fraction of sp³-hybridized carbons (Fsp3) is 0.391. The van der Waals surface area contributed by atoms with Crippen molar-refractivity contribution >= 4 is 44.0 Å². The first-order chi connectivity index (χ1) is 14.6. The van der Waals surface area contributed by atoms with Crippen LogP contribution in [0.1, 0.15) is 22.3 Å². The van der Waals surface area contributed by atoms with E-state index in [0.717, 1.165) is 33.6 Å². The van der Waals surface area contributed by atoms with Gasteiger partial charge in [-0.3, -0.25) is 9.79 Å². The van der Waals surface area contributed by atoms with Crippen LogP contribution in [-0.4, -0.2) is 48.8 Å². The van der Waals surface area contributed by atoms with Crippen molar-refractivity contribution in [2.75, 3.05) is 27.5 Å². The largest absolute Gasteiger partial charge is 0.325 e. The molecule has 2 aromatic rings. The predicted molar refractivity (Wildman–Crippen MR) is 129 cm³/mol. The summed E-state index contributed by atoms with van der Waals surface area (Å²) in [6, 6.07) is 11.6. The second kappa shape index (κ2) is 8.31. The first-order valence-corrected chi connectivity index (χ1v) is 13.1. The number of carbonyl (C=O) groups is 1. The number of carbonyl (C=O) groups excluding carboxylic acids is 1. The van der Waals surface area contributed by atoms with Crippen LogP contribution in [0.3, 0.4) is 0 Å². The fourth-order valence-electron chi connectivity index (χ4n) is 4.18. The van der Waals surface area contributed by atoms with E-state index in [9.17, 15) is 13.2 Å². The van der Waals surface area contributed by atoms with Crippen molar-refractivity contribution in [1.82, 2.24) is 0 Å². The lowest BCUT2D eigenvalue weighted by atomic mass is 10.1. The number of aliphatic imine (C=N–C) groups is 1. The molecule has 2 atom stereocenters. The monoisotopic (exact) mass is 457 g/mol. The summed E-state index contributed by atoms with van der Waals surface area (Å²) in [7, 11) is -3.11. The number of benzene rings is 2. The average Bonchev–Trinajstić information content (AvgIpc) is 3.14. The molecule has 2 aliphatic rings. The smallest absolute Gasteiger partial charge is 0.234 e. The number of thioether (sulfide) groups is 1. The van der Waals surface area contributed by atoms with Gasteiger partial charge in [-0.05, 0) is 56.5 Å². The number of anilines is 2. The Balaban J connectivity index is 1.54. The van der Waals surface area contributed by atoms with Gasteiger partial charge in [-0.1, -0.05) is 41.6 Å². The van der Waals surface area contributed by atoms with E-state index in [-0.39, 0.29) is 35.2 Å². The van der Waals surface area contributed by atoms with E-state index in [1.165, 1.54) is 11.8 Å². The molecule has 8 heteroatoms. The Bertz CT molecular complexity index is 1170. The zero-order chi connectivity index (χ0) is 22.3. The van der Waals surface area contributed by atoms with Crippen molar-refractivity contribution in [2.24, 2.45) is 4.99 Å². The Morgan fingerprint density at radius 2 is 1.77 bits per heavy atom. The van der Waals surface area contributed by atoms with Gasteiger partial charge in [-0.25, -0.2) is 8.42 Å². The van der Waals surface area contributed by atoms with Crippen molar-refractivity contribution in [3.8, 4) is 0 Å². The van der Waals surface area contributed by atoms with E-state index in [2.05, 4.69) is 11.4 Å². The van der Waals surface area contributed by atoms with Crippen LogP contribution >= 0.6 is 11.8 Å². The lowest BCUT2D eigenvalue weighted by Gasteiger charge is -2.28. The maximum atomic E-state index is 12.6. The van der Waals surface area contributed by atoms with Gasteiger partial charge in [0.15, 0.2) is 15.0 Å². The van der Waals surface area contributed by atoms with E-state index in [1.807, 2.05) is 62.9 Å². The number of nitrogens with zero attached hydrogens (tertiary/aromatic N) is 2. The van der Waals surface area contributed by atoms with Crippen LogP contribution in [0.2, 0.25) is 0 Å². The lowest BCUT2D eigenvalue weighted by molar-refractivity contribution is -0.113. The molecule has 4 rings (SSSR count). The first-order valence-electron chi connectivity index (χ1n) is 10.3. The highest BCUT2D eigenvalue weighted by molar-refractivity contribution is 8.14. The molecular formula is C23H27N3O3S2. The zero-order valence-corrected chi connectivity index (χ0v) is 19.8. The van der Waals surface area contributed by atoms with E-state index in [4.69, 9.17) is 4.99 Å². The number of sulfone groups is 1. The SMILES string of the molecule is Cc1ccc(N2C(SCC(=O)Nc3cc(C)ccc3C)=N[C@@H]3CS(=O)(=O)C[C@H]32)c(C)c1. The highest BCUT2D eigenvalue weighted by atomic mass is 32.2. The van der Waals surface area contributed by atoms with Crippen LogP contribution in [0.5, 0.6) is 0 Å². The third-order valence-corrected chi connectivity index (χ3v) is 8.38. The van der Waals surface area contributed by atoms with Gasteiger partial charge in [0.25, 0.3) is 0 Å². The highest BCUT2D eigenvalue weighted by Gasteiger charge is 2.47. The summed E-state index contributed by atoms with van der Waals surface area (Å²) >= 11 is 1.36. The Kier molecular flexibility index (Phi) is 5.87. The van der Waals surface area contributed by atoms with E-state index in [0.29, 0.717) is 5.17 Å². The van der Waals surface area contributed by atoms with Crippen molar-refractivity contribution in [2.45, 2.75) is 39.8 Å². The Hall–Kier alpha value is -2.32. The van der Waals surface area contributed by atoms with Gasteiger partial charge in [0.05, 0.1) is 29.3 Å². The molecule has 0 spiro atoms. The van der Waals surface area contributed by atoms with Crippen molar-refractivity contribution in [3.63, 3.8) is 0 Å². The normalized spacial score (nSPS) is 21.7. The molecule has 0 saturated carbocycles. The zero-order valence-electron chi connectivity index (χ0n) is 18.2. The summed E-state index contributed by atoms with van der Waals surface area (Å²) in [5.74, 6) is 0.261. The van der Waals surface area contributed by atoms with Gasteiger partial charge in [0, 0.05) is 11.4 Å². The summed E-state index contributed by atoms with van der Waals surface area (Å²) in [5.41, 5.74) is 6.08. The molecule has 1 saturated heterocycles. The van der Waals surface area contributed by atoms with Crippen LogP contribution < -0.4 is 10.2 Å². The highest BCUT2D eigenvalue weighted by Crippen LogP contribution is 2.36. The molecule has 0 unspecified atom stereocenters. The minimum Gasteiger partial charge on any atom is -0.325 e. The second-order valence-corrected chi connectivity index (χ2v) is 11.5.